The van der Waals surface area contributed by atoms with E-state index in [4.69, 9.17) is 4.74 Å². The molecule has 6 nitrogen and oxygen atoms in total. The van der Waals surface area contributed by atoms with Crippen molar-refractivity contribution in [1.82, 2.24) is 10.2 Å². The van der Waals surface area contributed by atoms with Crippen LogP contribution in [0.2, 0.25) is 0 Å². The predicted octanol–water partition coefficient (Wildman–Crippen LogP) is 8.52. The van der Waals surface area contributed by atoms with Gasteiger partial charge in [-0.25, -0.2) is 8.42 Å². The monoisotopic (exact) mass is 711 g/mol. The quantitative estimate of drug-likeness (QED) is 0.255. The van der Waals surface area contributed by atoms with Gasteiger partial charge in [0.05, 0.1) is 23.0 Å². The standard InChI is InChI=1S/C43H70N2O4S/c1-8-42(38(46)49-30(2)3)20-13-32(14-21-42)33-15-18-39(5)34(31(33)4)16-19-41(7)37(39)12-11-35-36-10-9-17-43(36,23-22-40(35,41)6)44-24-25-45-26-28-50(47,48)29-27-45/h13,15,30-31,34-37,44H,8-12,14,16-29H2,1-7H3/t31?,34?,35?,36?,37?,39-,40+,41?,42?,43?/m0/s1. The fraction of sp³-hybridized carbons (Fsp3) is 0.884. The molecule has 6 aliphatic carbocycles. The fourth-order valence-electron chi connectivity index (χ4n) is 14.1. The lowest BCUT2D eigenvalue weighted by Crippen LogP contribution is -2.67. The highest BCUT2D eigenvalue weighted by Gasteiger charge is 2.68. The van der Waals surface area contributed by atoms with E-state index < -0.39 is 9.84 Å². The summed E-state index contributed by atoms with van der Waals surface area (Å²) >= 11 is 0. The molecule has 0 spiro atoms. The maximum absolute atomic E-state index is 13.1. The predicted molar refractivity (Wildman–Crippen MR) is 203 cm³/mol. The zero-order chi connectivity index (χ0) is 35.7. The number of nitrogens with one attached hydrogen (secondary N) is 1. The van der Waals surface area contributed by atoms with Crippen LogP contribution in [0.5, 0.6) is 0 Å². The van der Waals surface area contributed by atoms with Gasteiger partial charge in [0.2, 0.25) is 0 Å². The number of hydrogen-bond donors (Lipinski definition) is 1. The minimum Gasteiger partial charge on any atom is -0.463 e. The van der Waals surface area contributed by atoms with E-state index in [0.29, 0.717) is 46.8 Å². The zero-order valence-electron chi connectivity index (χ0n) is 32.7. The second kappa shape index (κ2) is 13.3. The van der Waals surface area contributed by atoms with Crippen LogP contribution in [-0.4, -0.2) is 68.6 Å². The zero-order valence-corrected chi connectivity index (χ0v) is 33.6. The van der Waals surface area contributed by atoms with Crippen LogP contribution in [-0.2, 0) is 19.4 Å². The highest BCUT2D eigenvalue weighted by molar-refractivity contribution is 7.91. The van der Waals surface area contributed by atoms with Crippen molar-refractivity contribution < 1.29 is 17.9 Å². The van der Waals surface area contributed by atoms with E-state index in [9.17, 15) is 13.2 Å². The van der Waals surface area contributed by atoms with Crippen LogP contribution < -0.4 is 5.32 Å². The second-order valence-corrected chi connectivity index (χ2v) is 21.8. The van der Waals surface area contributed by atoms with E-state index in [1.165, 1.54) is 69.8 Å². The highest BCUT2D eigenvalue weighted by Crippen LogP contribution is 2.75. The number of carbonyl (C=O) groups is 1. The Kier molecular flexibility index (Phi) is 9.87. The number of nitrogens with zero attached hydrogens (tertiary/aromatic N) is 1. The maximum atomic E-state index is 13.1. The smallest absolute Gasteiger partial charge is 0.312 e. The molecular weight excluding hydrogens is 641 g/mol. The number of hydrogen-bond acceptors (Lipinski definition) is 6. The molecule has 0 aromatic heterocycles. The molecule has 8 unspecified atom stereocenters. The summed E-state index contributed by atoms with van der Waals surface area (Å²) in [5, 5.41) is 4.19. The Balaban J connectivity index is 1.05. The van der Waals surface area contributed by atoms with Crippen LogP contribution in [0.25, 0.3) is 0 Å². The summed E-state index contributed by atoms with van der Waals surface area (Å²) in [5.74, 6) is 4.30. The molecule has 50 heavy (non-hydrogen) atoms. The fourth-order valence-corrected chi connectivity index (χ4v) is 15.4. The molecule has 0 radical (unpaired) electrons. The van der Waals surface area contributed by atoms with Crippen molar-refractivity contribution in [2.24, 2.45) is 51.2 Å². The van der Waals surface area contributed by atoms with Crippen molar-refractivity contribution in [3.05, 3.63) is 23.3 Å². The molecule has 0 aromatic rings. The average molecular weight is 711 g/mol. The van der Waals surface area contributed by atoms with Gasteiger partial charge in [-0.3, -0.25) is 4.79 Å². The van der Waals surface area contributed by atoms with Crippen molar-refractivity contribution in [1.29, 1.82) is 0 Å². The summed E-state index contributed by atoms with van der Waals surface area (Å²) in [7, 11) is -2.83. The third-order valence-corrected chi connectivity index (χ3v) is 18.9. The molecular formula is C43H70N2O4S. The third kappa shape index (κ3) is 5.92. The molecule has 5 fully saturated rings. The first-order valence-corrected chi connectivity index (χ1v) is 22.7. The van der Waals surface area contributed by atoms with Crippen LogP contribution in [0.1, 0.15) is 138 Å². The molecule has 0 aromatic carbocycles. The molecule has 282 valence electrons. The second-order valence-electron chi connectivity index (χ2n) is 19.5. The van der Waals surface area contributed by atoms with E-state index in [2.05, 4.69) is 57.0 Å². The lowest BCUT2D eigenvalue weighted by atomic mass is 9.34. The lowest BCUT2D eigenvalue weighted by molar-refractivity contribution is -0.212. The van der Waals surface area contributed by atoms with Gasteiger partial charge in [-0.05, 0) is 154 Å². The minimum absolute atomic E-state index is 0.00419. The van der Waals surface area contributed by atoms with Gasteiger partial charge in [0, 0.05) is 31.7 Å². The maximum Gasteiger partial charge on any atom is 0.312 e. The van der Waals surface area contributed by atoms with Crippen LogP contribution >= 0.6 is 0 Å². The van der Waals surface area contributed by atoms with Crippen molar-refractivity contribution in [2.75, 3.05) is 37.7 Å². The number of rotatable bonds is 8. The summed E-state index contributed by atoms with van der Waals surface area (Å²) in [5.41, 5.74) is 4.16. The Morgan fingerprint density at radius 3 is 2.36 bits per heavy atom. The Bertz CT molecular complexity index is 1470. The number of fused-ring (bicyclic) bond motifs is 7. The molecule has 7 aliphatic rings. The SMILES string of the molecule is CCC1(C(=O)OC(C)C)CC=C(C2=CC[C@@]3(C)C(CCC4(C)C3CCC3C5CCCC5(NCCN5CCS(=O)(=O)CC5)CC[C@]34C)C2C)CC1. The topological polar surface area (TPSA) is 75.7 Å². The van der Waals surface area contributed by atoms with Crippen LogP contribution in [0.15, 0.2) is 23.3 Å². The molecule has 1 saturated heterocycles. The van der Waals surface area contributed by atoms with E-state index in [-0.39, 0.29) is 23.0 Å². The van der Waals surface area contributed by atoms with Crippen LogP contribution in [0.4, 0.5) is 0 Å². The van der Waals surface area contributed by atoms with Crippen LogP contribution in [0.3, 0.4) is 0 Å². The molecule has 7 rings (SSSR count). The molecule has 4 saturated carbocycles. The molecule has 7 heteroatoms. The summed E-state index contributed by atoms with van der Waals surface area (Å²) in [6.45, 7) is 20.2. The number of allylic oxidation sites excluding steroid dienone is 4. The largest absolute Gasteiger partial charge is 0.463 e. The van der Waals surface area contributed by atoms with Crippen molar-refractivity contribution in [2.45, 2.75) is 150 Å². The number of esters is 1. The summed E-state index contributed by atoms with van der Waals surface area (Å²) in [6.07, 6.45) is 22.0. The molecule has 1 heterocycles. The van der Waals surface area contributed by atoms with Gasteiger partial charge in [0.25, 0.3) is 0 Å². The lowest BCUT2D eigenvalue weighted by Gasteiger charge is -2.71. The Morgan fingerprint density at radius 2 is 1.68 bits per heavy atom. The number of carbonyl (C=O) groups excluding carboxylic acids is 1. The first kappa shape index (κ1) is 37.1. The molecule has 10 atom stereocenters. The summed E-state index contributed by atoms with van der Waals surface area (Å²) in [4.78, 5) is 15.5. The molecule has 1 aliphatic heterocycles. The van der Waals surface area contributed by atoms with Gasteiger partial charge >= 0.3 is 5.97 Å². The highest BCUT2D eigenvalue weighted by atomic mass is 32.2. The van der Waals surface area contributed by atoms with Gasteiger partial charge in [-0.1, -0.05) is 53.2 Å². The Hall–Kier alpha value is -1.18. The summed E-state index contributed by atoms with van der Waals surface area (Å²) in [6, 6.07) is 0. The summed E-state index contributed by atoms with van der Waals surface area (Å²) < 4.78 is 29.7. The normalized spacial score (nSPS) is 45.8. The first-order chi connectivity index (χ1) is 23.6. The number of sulfone groups is 1. The van der Waals surface area contributed by atoms with E-state index in [1.807, 2.05) is 13.8 Å². The molecule has 1 N–H and O–H groups in total. The molecule has 0 bridgehead atoms. The first-order valence-electron chi connectivity index (χ1n) is 20.9. The average Bonchev–Trinajstić information content (AvgIpc) is 3.50. The van der Waals surface area contributed by atoms with Gasteiger partial charge in [0.1, 0.15) is 0 Å². The van der Waals surface area contributed by atoms with Gasteiger partial charge in [0.15, 0.2) is 9.84 Å². The third-order valence-electron chi connectivity index (χ3n) is 17.3. The Morgan fingerprint density at radius 1 is 0.920 bits per heavy atom. The van der Waals surface area contributed by atoms with Gasteiger partial charge < -0.3 is 15.0 Å². The van der Waals surface area contributed by atoms with Crippen molar-refractivity contribution in [3.8, 4) is 0 Å². The van der Waals surface area contributed by atoms with Crippen molar-refractivity contribution in [3.63, 3.8) is 0 Å². The van der Waals surface area contributed by atoms with E-state index >= 15 is 0 Å². The van der Waals surface area contributed by atoms with Crippen molar-refractivity contribution >= 4 is 15.8 Å². The van der Waals surface area contributed by atoms with Gasteiger partial charge in [-0.2, -0.15) is 0 Å². The van der Waals surface area contributed by atoms with E-state index in [0.717, 1.165) is 62.4 Å². The van der Waals surface area contributed by atoms with E-state index in [1.54, 1.807) is 5.57 Å². The van der Waals surface area contributed by atoms with Gasteiger partial charge in [-0.15, -0.1) is 0 Å². The molecule has 0 amide bonds. The minimum atomic E-state index is -2.83. The van der Waals surface area contributed by atoms with Crippen LogP contribution in [0, 0.1) is 51.2 Å². The number of ether oxygens (including phenoxy) is 1. The Labute approximate surface area is 305 Å².